The number of rotatable bonds is 6. The van der Waals surface area contributed by atoms with Crippen LogP contribution in [0, 0.1) is 5.41 Å². The summed E-state index contributed by atoms with van der Waals surface area (Å²) in [4.78, 5) is 1.59. The minimum atomic E-state index is 0.128. The van der Waals surface area contributed by atoms with Crippen LogP contribution in [0.1, 0.15) is 62.4 Å². The van der Waals surface area contributed by atoms with Crippen molar-refractivity contribution in [3.05, 3.63) is 40.7 Å². The highest BCUT2D eigenvalue weighted by Gasteiger charge is 2.43. The van der Waals surface area contributed by atoms with Gasteiger partial charge in [-0.2, -0.15) is 0 Å². The summed E-state index contributed by atoms with van der Waals surface area (Å²) in [6, 6.07) is 8.36. The minimum absolute atomic E-state index is 0.128. The van der Waals surface area contributed by atoms with Crippen LogP contribution in [0.4, 0.5) is 0 Å². The van der Waals surface area contributed by atoms with E-state index in [0.29, 0.717) is 18.6 Å². The predicted molar refractivity (Wildman–Crippen MR) is 108 cm³/mol. The highest BCUT2D eigenvalue weighted by molar-refractivity contribution is 6.30. The van der Waals surface area contributed by atoms with E-state index < -0.39 is 0 Å². The maximum Gasteiger partial charge on any atom is 0.214 e. The number of likely N-dealkylation sites (tertiary alicyclic amines) is 1. The van der Waals surface area contributed by atoms with Gasteiger partial charge in [0.25, 0.3) is 0 Å². The number of piperidine rings is 1. The van der Waals surface area contributed by atoms with Crippen LogP contribution in [0.25, 0.3) is 0 Å². The van der Waals surface area contributed by atoms with Gasteiger partial charge in [0.05, 0.1) is 26.2 Å². The van der Waals surface area contributed by atoms with E-state index in [-0.39, 0.29) is 6.04 Å². The number of nitrogens with one attached hydrogen (secondary N) is 1. The van der Waals surface area contributed by atoms with Crippen molar-refractivity contribution in [2.75, 3.05) is 26.8 Å². The molecule has 2 aliphatic rings. The van der Waals surface area contributed by atoms with E-state index in [1.54, 1.807) is 12.0 Å². The van der Waals surface area contributed by atoms with Crippen molar-refractivity contribution >= 4 is 11.6 Å². The fourth-order valence-corrected chi connectivity index (χ4v) is 5.43. The largest absolute Gasteiger partial charge is 0.383 e. The third kappa shape index (κ3) is 4.24. The molecule has 2 atom stereocenters. The van der Waals surface area contributed by atoms with Crippen LogP contribution in [0.3, 0.4) is 0 Å². The smallest absolute Gasteiger partial charge is 0.214 e. The SMILES string of the molecule is COCCn1nnnc1[C@H](c1ccc(Cl)cc1)[NH+]1CCCC2(CCCCC2)C1. The Balaban J connectivity index is 1.67. The molecule has 7 heteroatoms. The van der Waals surface area contributed by atoms with Crippen LogP contribution in [-0.4, -0.2) is 47.0 Å². The number of nitrogens with zero attached hydrogens (tertiary/aromatic N) is 4. The molecule has 4 rings (SSSR count). The van der Waals surface area contributed by atoms with Crippen LogP contribution in [0.2, 0.25) is 5.02 Å². The van der Waals surface area contributed by atoms with E-state index in [9.17, 15) is 0 Å². The molecule has 0 radical (unpaired) electrons. The summed E-state index contributed by atoms with van der Waals surface area (Å²) in [5.74, 6) is 0.933. The van der Waals surface area contributed by atoms with Gasteiger partial charge in [-0.25, -0.2) is 4.68 Å². The number of halogens is 1. The molecule has 2 fully saturated rings. The lowest BCUT2D eigenvalue weighted by molar-refractivity contribution is -0.938. The highest BCUT2D eigenvalue weighted by atomic mass is 35.5. The molecule has 0 amide bonds. The maximum atomic E-state index is 6.17. The van der Waals surface area contributed by atoms with Crippen molar-refractivity contribution < 1.29 is 9.64 Å². The van der Waals surface area contributed by atoms with Gasteiger partial charge < -0.3 is 9.64 Å². The minimum Gasteiger partial charge on any atom is -0.383 e. The number of aromatic nitrogens is 4. The van der Waals surface area contributed by atoms with Gasteiger partial charge in [-0.05, 0) is 48.2 Å². The molecule has 1 aromatic carbocycles. The van der Waals surface area contributed by atoms with Crippen molar-refractivity contribution in [3.63, 3.8) is 0 Å². The summed E-state index contributed by atoms with van der Waals surface area (Å²) in [7, 11) is 1.71. The summed E-state index contributed by atoms with van der Waals surface area (Å²) in [5, 5.41) is 13.5. The van der Waals surface area contributed by atoms with Gasteiger partial charge in [0.2, 0.25) is 5.82 Å². The van der Waals surface area contributed by atoms with Crippen molar-refractivity contribution in [1.29, 1.82) is 0 Å². The van der Waals surface area contributed by atoms with Crippen molar-refractivity contribution in [2.24, 2.45) is 5.41 Å². The topological polar surface area (TPSA) is 57.3 Å². The molecule has 152 valence electrons. The Morgan fingerprint density at radius 3 is 2.64 bits per heavy atom. The fraction of sp³-hybridized carbons (Fsp3) is 0.667. The average molecular weight is 405 g/mol. The Hall–Kier alpha value is -1.50. The number of methoxy groups -OCH3 is 1. The first-order valence-corrected chi connectivity index (χ1v) is 10.9. The quantitative estimate of drug-likeness (QED) is 0.804. The first kappa shape index (κ1) is 19.8. The third-order valence-corrected chi connectivity index (χ3v) is 6.91. The van der Waals surface area contributed by atoms with Gasteiger partial charge >= 0.3 is 0 Å². The number of tetrazole rings is 1. The predicted octanol–water partition coefficient (Wildman–Crippen LogP) is 2.69. The second-order valence-electron chi connectivity index (χ2n) is 8.49. The molecular formula is C21H31ClN5O+. The normalized spacial score (nSPS) is 23.0. The number of hydrogen-bond acceptors (Lipinski definition) is 4. The zero-order valence-corrected chi connectivity index (χ0v) is 17.5. The molecule has 1 aromatic heterocycles. The van der Waals surface area contributed by atoms with Crippen LogP contribution >= 0.6 is 11.6 Å². The standard InChI is InChI=1S/C21H30ClN5O/c1-28-15-14-27-20(23-24-25-27)19(17-6-8-18(22)9-7-17)26-13-5-12-21(16-26)10-3-2-4-11-21/h6-9,19H,2-5,10-16H2,1H3/p+1/t19-/m0/s1. The highest BCUT2D eigenvalue weighted by Crippen LogP contribution is 2.40. The van der Waals surface area contributed by atoms with E-state index in [0.717, 1.165) is 17.4 Å². The second-order valence-corrected chi connectivity index (χ2v) is 8.92. The zero-order chi connectivity index (χ0) is 19.4. The lowest BCUT2D eigenvalue weighted by atomic mass is 9.69. The molecule has 1 saturated heterocycles. The van der Waals surface area contributed by atoms with E-state index in [4.69, 9.17) is 16.3 Å². The Morgan fingerprint density at radius 2 is 1.89 bits per heavy atom. The molecule has 1 spiro atoms. The number of benzene rings is 1. The monoisotopic (exact) mass is 404 g/mol. The van der Waals surface area contributed by atoms with Gasteiger partial charge in [-0.1, -0.05) is 43.0 Å². The van der Waals surface area contributed by atoms with Gasteiger partial charge in [-0.3, -0.25) is 0 Å². The van der Waals surface area contributed by atoms with Crippen LogP contribution in [-0.2, 0) is 11.3 Å². The Labute approximate surface area is 172 Å². The Bertz CT molecular complexity index is 751. The molecule has 6 nitrogen and oxygen atoms in total. The molecule has 1 saturated carbocycles. The molecule has 0 bridgehead atoms. The lowest BCUT2D eigenvalue weighted by Gasteiger charge is -2.45. The van der Waals surface area contributed by atoms with Gasteiger partial charge in [0.1, 0.15) is 0 Å². The van der Waals surface area contributed by atoms with E-state index >= 15 is 0 Å². The first-order chi connectivity index (χ1) is 13.7. The van der Waals surface area contributed by atoms with Crippen LogP contribution < -0.4 is 4.90 Å². The van der Waals surface area contributed by atoms with Crippen molar-refractivity contribution in [3.8, 4) is 0 Å². The number of quaternary nitrogens is 1. The molecule has 1 unspecified atom stereocenters. The first-order valence-electron chi connectivity index (χ1n) is 10.6. The van der Waals surface area contributed by atoms with Gasteiger partial charge in [0.15, 0.2) is 6.04 Å². The lowest BCUT2D eigenvalue weighted by Crippen LogP contribution is -3.15. The van der Waals surface area contributed by atoms with E-state index in [1.165, 1.54) is 57.1 Å². The molecule has 1 aliphatic heterocycles. The molecular weight excluding hydrogens is 374 g/mol. The maximum absolute atomic E-state index is 6.17. The van der Waals surface area contributed by atoms with E-state index in [2.05, 4.69) is 27.7 Å². The zero-order valence-electron chi connectivity index (χ0n) is 16.7. The molecule has 1 aliphatic carbocycles. The summed E-state index contributed by atoms with van der Waals surface area (Å²) >= 11 is 6.17. The Kier molecular flexibility index (Phi) is 6.28. The van der Waals surface area contributed by atoms with Crippen LogP contribution in [0.5, 0.6) is 0 Å². The second kappa shape index (κ2) is 8.89. The number of ether oxygens (including phenoxy) is 1. The number of hydrogen-bond donors (Lipinski definition) is 1. The fourth-order valence-electron chi connectivity index (χ4n) is 5.30. The Morgan fingerprint density at radius 1 is 1.14 bits per heavy atom. The molecule has 2 aromatic rings. The summed E-state index contributed by atoms with van der Waals surface area (Å²) in [5.41, 5.74) is 1.74. The molecule has 1 N–H and O–H groups in total. The van der Waals surface area contributed by atoms with Gasteiger partial charge in [-0.15, -0.1) is 5.10 Å². The summed E-state index contributed by atoms with van der Waals surface area (Å²) < 4.78 is 7.18. The van der Waals surface area contributed by atoms with Gasteiger partial charge in [0, 0.05) is 23.1 Å². The molecule has 2 heterocycles. The molecule has 28 heavy (non-hydrogen) atoms. The van der Waals surface area contributed by atoms with Crippen molar-refractivity contribution in [2.45, 2.75) is 57.5 Å². The van der Waals surface area contributed by atoms with E-state index in [1.807, 2.05) is 16.8 Å². The van der Waals surface area contributed by atoms with Crippen LogP contribution in [0.15, 0.2) is 24.3 Å². The summed E-state index contributed by atoms with van der Waals surface area (Å²) in [6.45, 7) is 3.63. The van der Waals surface area contributed by atoms with Crippen molar-refractivity contribution in [1.82, 2.24) is 20.2 Å². The average Bonchev–Trinajstić information content (AvgIpc) is 3.17. The third-order valence-electron chi connectivity index (χ3n) is 6.66. The summed E-state index contributed by atoms with van der Waals surface area (Å²) in [6.07, 6.45) is 9.55.